The second-order valence-corrected chi connectivity index (χ2v) is 8.71. The van der Waals surface area contributed by atoms with E-state index in [2.05, 4.69) is 10.9 Å². The number of aliphatic hydroxyl groups is 1. The number of nitrogens with two attached hydrogens (primary N) is 1. The first-order chi connectivity index (χ1) is 16.0. The third kappa shape index (κ3) is 5.63. The Morgan fingerprint density at radius 3 is 2.67 bits per heavy atom. The van der Waals surface area contributed by atoms with Crippen LogP contribution in [0.5, 0.6) is 0 Å². The predicted octanol–water partition coefficient (Wildman–Crippen LogP) is 3.36. The molecule has 0 aliphatic carbocycles. The Bertz CT molecular complexity index is 1060. The average molecular weight is 466 g/mol. The van der Waals surface area contributed by atoms with Crippen molar-refractivity contribution in [3.05, 3.63) is 58.4 Å². The summed E-state index contributed by atoms with van der Waals surface area (Å²) in [4.78, 5) is 22.8. The minimum atomic E-state index is -0.709. The summed E-state index contributed by atoms with van der Waals surface area (Å²) in [5.74, 6) is 0.00725. The van der Waals surface area contributed by atoms with Gasteiger partial charge in [-0.3, -0.25) is 4.79 Å². The number of benzene rings is 1. The molecule has 0 radical (unpaired) electrons. The molecule has 3 N–H and O–H groups in total. The number of rotatable bonds is 9. The van der Waals surface area contributed by atoms with Gasteiger partial charge in [0.15, 0.2) is 0 Å². The first kappa shape index (κ1) is 24.5. The van der Waals surface area contributed by atoms with Gasteiger partial charge in [-0.15, -0.1) is 0 Å². The molecule has 2 heterocycles. The van der Waals surface area contributed by atoms with Gasteiger partial charge in [-0.25, -0.2) is 9.83 Å². The van der Waals surface area contributed by atoms with Gasteiger partial charge in [0.25, 0.3) is 0 Å². The van der Waals surface area contributed by atoms with Gasteiger partial charge in [0, 0.05) is 13.1 Å². The molecule has 1 atom stereocenters. The Kier molecular flexibility index (Phi) is 8.67. The molecule has 2 aromatic rings. The molecule has 172 valence electrons. The third-order valence-corrected chi connectivity index (χ3v) is 6.83. The number of amides is 1. The van der Waals surface area contributed by atoms with Crippen LogP contribution in [0.1, 0.15) is 41.7 Å². The minimum Gasteiger partial charge on any atom is -0.394 e. The third-order valence-electron chi connectivity index (χ3n) is 5.57. The molecule has 0 saturated carbocycles. The standard InChI is InChI=1S/C24H27N5O3S/c1-3-18-19(15-25)24(33-21(22(26)31)16-7-5-4-6-8-16)28-23(20(18)27-2)29-11-9-17(10-12-29)32-14-13-30/h4-8,17,21,30H,3,9-14H2,1H3,(H2,26,31). The van der Waals surface area contributed by atoms with Gasteiger partial charge in [-0.05, 0) is 30.4 Å². The molecule has 8 nitrogen and oxygen atoms in total. The number of hydrogen-bond donors (Lipinski definition) is 2. The molecule has 0 spiro atoms. The summed E-state index contributed by atoms with van der Waals surface area (Å²) in [5, 5.41) is 18.6. The topological polar surface area (TPSA) is 117 Å². The Morgan fingerprint density at radius 1 is 1.42 bits per heavy atom. The molecule has 3 rings (SSSR count). The largest absolute Gasteiger partial charge is 0.394 e. The molecule has 1 unspecified atom stereocenters. The van der Waals surface area contributed by atoms with E-state index >= 15 is 0 Å². The number of primary amides is 1. The van der Waals surface area contributed by atoms with E-state index in [-0.39, 0.29) is 12.7 Å². The van der Waals surface area contributed by atoms with Crippen molar-refractivity contribution in [3.63, 3.8) is 0 Å². The van der Waals surface area contributed by atoms with E-state index in [4.69, 9.17) is 27.1 Å². The molecular formula is C24H27N5O3S. The summed E-state index contributed by atoms with van der Waals surface area (Å²) in [5.41, 5.74) is 7.77. The van der Waals surface area contributed by atoms with Crippen molar-refractivity contribution in [3.8, 4) is 6.07 Å². The van der Waals surface area contributed by atoms with Crippen LogP contribution in [0, 0.1) is 17.9 Å². The minimum absolute atomic E-state index is 0.0118. The van der Waals surface area contributed by atoms with Gasteiger partial charge in [0.1, 0.15) is 22.2 Å². The summed E-state index contributed by atoms with van der Waals surface area (Å²) in [6, 6.07) is 11.4. The van der Waals surface area contributed by atoms with Crippen LogP contribution in [0.2, 0.25) is 0 Å². The van der Waals surface area contributed by atoms with Crippen molar-refractivity contribution in [1.82, 2.24) is 4.98 Å². The fraction of sp³-hybridized carbons (Fsp3) is 0.417. The number of thioether (sulfide) groups is 1. The Morgan fingerprint density at radius 2 is 2.12 bits per heavy atom. The quantitative estimate of drug-likeness (QED) is 0.431. The molecule has 1 fully saturated rings. The number of aliphatic hydroxyl groups excluding tert-OH is 1. The highest BCUT2D eigenvalue weighted by Crippen LogP contribution is 2.43. The van der Waals surface area contributed by atoms with Gasteiger partial charge < -0.3 is 20.5 Å². The molecule has 1 saturated heterocycles. The monoisotopic (exact) mass is 465 g/mol. The van der Waals surface area contributed by atoms with E-state index in [1.54, 1.807) is 0 Å². The molecular weight excluding hydrogens is 438 g/mol. The molecule has 9 heteroatoms. The van der Waals surface area contributed by atoms with Crippen molar-refractivity contribution in [1.29, 1.82) is 5.26 Å². The fourth-order valence-electron chi connectivity index (χ4n) is 3.95. The van der Waals surface area contributed by atoms with Gasteiger partial charge >= 0.3 is 0 Å². The van der Waals surface area contributed by atoms with Crippen molar-refractivity contribution in [2.75, 3.05) is 31.2 Å². The van der Waals surface area contributed by atoms with E-state index in [0.717, 1.165) is 30.2 Å². The number of carbonyl (C=O) groups is 1. The van der Waals surface area contributed by atoms with E-state index in [9.17, 15) is 10.1 Å². The number of pyridine rings is 1. The molecule has 1 aromatic carbocycles. The molecule has 33 heavy (non-hydrogen) atoms. The van der Waals surface area contributed by atoms with Gasteiger partial charge in [0.2, 0.25) is 11.6 Å². The average Bonchev–Trinajstić information content (AvgIpc) is 2.85. The second kappa shape index (κ2) is 11.7. The number of carbonyl (C=O) groups excluding carboxylic acids is 1. The number of ether oxygens (including phenoxy) is 1. The zero-order valence-corrected chi connectivity index (χ0v) is 19.3. The smallest absolute Gasteiger partial charge is 0.235 e. The highest BCUT2D eigenvalue weighted by Gasteiger charge is 2.29. The van der Waals surface area contributed by atoms with Crippen LogP contribution in [-0.2, 0) is 16.0 Å². The zero-order chi connectivity index (χ0) is 23.8. The van der Waals surface area contributed by atoms with E-state index in [1.807, 2.05) is 42.2 Å². The lowest BCUT2D eigenvalue weighted by Gasteiger charge is -2.34. The summed E-state index contributed by atoms with van der Waals surface area (Å²) < 4.78 is 5.65. The summed E-state index contributed by atoms with van der Waals surface area (Å²) in [7, 11) is 0. The number of piperidine rings is 1. The lowest BCUT2D eigenvalue weighted by atomic mass is 10.0. The highest BCUT2D eigenvalue weighted by atomic mass is 32.2. The molecule has 1 amide bonds. The van der Waals surface area contributed by atoms with Crippen LogP contribution in [0.15, 0.2) is 35.4 Å². The Hall–Kier alpha value is -3.11. The lowest BCUT2D eigenvalue weighted by molar-refractivity contribution is -0.117. The Balaban J connectivity index is 2.00. The number of hydrogen-bond acceptors (Lipinski definition) is 7. The highest BCUT2D eigenvalue weighted by molar-refractivity contribution is 8.00. The molecule has 0 bridgehead atoms. The zero-order valence-electron chi connectivity index (χ0n) is 18.5. The van der Waals surface area contributed by atoms with Crippen molar-refractivity contribution in [2.45, 2.75) is 42.6 Å². The van der Waals surface area contributed by atoms with Crippen molar-refractivity contribution in [2.24, 2.45) is 5.73 Å². The molecule has 1 aliphatic heterocycles. The normalized spacial score (nSPS) is 15.0. The van der Waals surface area contributed by atoms with Crippen LogP contribution < -0.4 is 10.6 Å². The number of aromatic nitrogens is 1. The fourth-order valence-corrected chi connectivity index (χ4v) is 5.01. The summed E-state index contributed by atoms with van der Waals surface area (Å²) >= 11 is 1.15. The van der Waals surface area contributed by atoms with Crippen LogP contribution in [0.25, 0.3) is 4.85 Å². The molecule has 1 aromatic heterocycles. The van der Waals surface area contributed by atoms with Crippen LogP contribution >= 0.6 is 11.8 Å². The van der Waals surface area contributed by atoms with Crippen molar-refractivity contribution < 1.29 is 14.6 Å². The maximum atomic E-state index is 12.3. The summed E-state index contributed by atoms with van der Waals surface area (Å²) in [6.45, 7) is 11.3. The summed E-state index contributed by atoms with van der Waals surface area (Å²) in [6.07, 6.45) is 2.04. The van der Waals surface area contributed by atoms with Gasteiger partial charge in [-0.2, -0.15) is 5.26 Å². The first-order valence-electron chi connectivity index (χ1n) is 10.9. The Labute approximate surface area is 198 Å². The lowest BCUT2D eigenvalue weighted by Crippen LogP contribution is -2.38. The van der Waals surface area contributed by atoms with Crippen LogP contribution in [-0.4, -0.2) is 48.4 Å². The number of nitriles is 1. The SMILES string of the molecule is [C-]#[N+]c1c(N2CCC(OCCO)CC2)nc(SC(C(N)=O)c2ccccc2)c(C#N)c1CC. The van der Waals surface area contributed by atoms with Gasteiger partial charge in [0.05, 0.1) is 31.5 Å². The first-order valence-corrected chi connectivity index (χ1v) is 11.7. The van der Waals surface area contributed by atoms with E-state index < -0.39 is 11.2 Å². The van der Waals surface area contributed by atoms with Crippen LogP contribution in [0.3, 0.4) is 0 Å². The number of anilines is 1. The molecule has 1 aliphatic rings. The second-order valence-electron chi connectivity index (χ2n) is 7.61. The maximum Gasteiger partial charge on any atom is 0.235 e. The predicted molar refractivity (Wildman–Crippen MR) is 127 cm³/mol. The van der Waals surface area contributed by atoms with Crippen LogP contribution in [0.4, 0.5) is 11.5 Å². The van der Waals surface area contributed by atoms with Crippen molar-refractivity contribution >= 4 is 29.2 Å². The maximum absolute atomic E-state index is 12.3. The number of nitrogens with zero attached hydrogens (tertiary/aromatic N) is 4. The van der Waals surface area contributed by atoms with E-state index in [0.29, 0.717) is 53.8 Å². The van der Waals surface area contributed by atoms with E-state index in [1.165, 1.54) is 0 Å². The van der Waals surface area contributed by atoms with Gasteiger partial charge in [-0.1, -0.05) is 49.0 Å².